The molecule has 1 fully saturated rings. The van der Waals surface area contributed by atoms with Crippen LogP contribution < -0.4 is 0 Å². The van der Waals surface area contributed by atoms with Crippen LogP contribution >= 0.6 is 0 Å². The van der Waals surface area contributed by atoms with Gasteiger partial charge in [-0.25, -0.2) is 13.6 Å². The summed E-state index contributed by atoms with van der Waals surface area (Å²) in [5.41, 5.74) is 1.19. The van der Waals surface area contributed by atoms with E-state index in [1.54, 1.807) is 29.7 Å². The van der Waals surface area contributed by atoms with Crippen molar-refractivity contribution < 1.29 is 18.3 Å². The summed E-state index contributed by atoms with van der Waals surface area (Å²) in [6.07, 6.45) is 10.7. The highest BCUT2D eigenvalue weighted by molar-refractivity contribution is 5.95. The maximum atomic E-state index is 14.2. The summed E-state index contributed by atoms with van der Waals surface area (Å²) in [6, 6.07) is 3.15. The van der Waals surface area contributed by atoms with E-state index in [2.05, 4.69) is 15.1 Å². The Morgan fingerprint density at radius 2 is 1.94 bits per heavy atom. The van der Waals surface area contributed by atoms with Gasteiger partial charge in [-0.1, -0.05) is 0 Å². The van der Waals surface area contributed by atoms with Crippen LogP contribution in [0.3, 0.4) is 0 Å². The first-order valence-electron chi connectivity index (χ1n) is 12.0. The molecular formula is C26H29F2N5O2. The van der Waals surface area contributed by atoms with Crippen molar-refractivity contribution in [3.05, 3.63) is 64.8 Å². The largest absolute Gasteiger partial charge is 0.455 e. The minimum absolute atomic E-state index is 0.0689. The maximum Gasteiger partial charge on any atom is 0.355 e. The molecule has 1 aromatic heterocycles. The number of hydrazone groups is 1. The summed E-state index contributed by atoms with van der Waals surface area (Å²) in [7, 11) is 0. The van der Waals surface area contributed by atoms with E-state index in [-0.39, 0.29) is 30.0 Å². The molecule has 3 heterocycles. The van der Waals surface area contributed by atoms with Crippen LogP contribution in [0, 0.1) is 5.82 Å². The summed E-state index contributed by atoms with van der Waals surface area (Å²) < 4.78 is 34.0. The van der Waals surface area contributed by atoms with Crippen molar-refractivity contribution in [2.45, 2.75) is 76.6 Å². The van der Waals surface area contributed by atoms with E-state index < -0.39 is 17.7 Å². The number of allylic oxidation sites excluding steroid dienone is 4. The molecule has 2 aliphatic carbocycles. The molecule has 2 aliphatic heterocycles. The molecule has 4 aliphatic rings. The number of ether oxygens (including phenoxy) is 1. The molecule has 184 valence electrons. The van der Waals surface area contributed by atoms with E-state index in [0.29, 0.717) is 22.7 Å². The zero-order chi connectivity index (χ0) is 24.7. The van der Waals surface area contributed by atoms with Crippen LogP contribution in [-0.2, 0) is 9.53 Å². The zero-order valence-electron chi connectivity index (χ0n) is 20.1. The standard InChI is InChI=1S/C26H29F2N5O2/c1-26(2,3)35-25(34)24-19-11-8-17(27)13-21(19)30-14-22-32(24)15-31-33(22)18-9-6-16(7-10-18)23-20(28)5-4-12-29-23/h4-5,8,12-16,18,22H,6-7,9-11H2,1-3H3. The Labute approximate surface area is 203 Å². The fourth-order valence-electron chi connectivity index (χ4n) is 5.10. The van der Waals surface area contributed by atoms with E-state index in [9.17, 15) is 13.6 Å². The van der Waals surface area contributed by atoms with Crippen LogP contribution in [0.25, 0.3) is 0 Å². The molecule has 0 bridgehead atoms. The lowest BCUT2D eigenvalue weighted by atomic mass is 9.83. The molecule has 1 saturated carbocycles. The van der Waals surface area contributed by atoms with E-state index >= 15 is 0 Å². The summed E-state index contributed by atoms with van der Waals surface area (Å²) in [5, 5.41) is 6.59. The van der Waals surface area contributed by atoms with Crippen LogP contribution in [0.5, 0.6) is 0 Å². The molecular weight excluding hydrogens is 452 g/mol. The summed E-state index contributed by atoms with van der Waals surface area (Å²) in [4.78, 5) is 23.9. The smallest absolute Gasteiger partial charge is 0.355 e. The maximum absolute atomic E-state index is 14.2. The predicted octanol–water partition coefficient (Wildman–Crippen LogP) is 4.96. The van der Waals surface area contributed by atoms with Crippen LogP contribution in [0.1, 0.15) is 64.5 Å². The molecule has 35 heavy (non-hydrogen) atoms. The average Bonchev–Trinajstić information content (AvgIpc) is 3.14. The summed E-state index contributed by atoms with van der Waals surface area (Å²) in [5.74, 6) is -1.06. The van der Waals surface area contributed by atoms with E-state index in [1.165, 1.54) is 18.2 Å². The normalized spacial score (nSPS) is 26.1. The minimum Gasteiger partial charge on any atom is -0.455 e. The number of aliphatic imine (C=N–C) groups is 1. The van der Waals surface area contributed by atoms with Crippen molar-refractivity contribution in [2.75, 3.05) is 0 Å². The lowest BCUT2D eigenvalue weighted by Crippen LogP contribution is -2.47. The van der Waals surface area contributed by atoms with Gasteiger partial charge in [-0.05, 0) is 77.2 Å². The number of hydrogen-bond donors (Lipinski definition) is 0. The van der Waals surface area contributed by atoms with Crippen LogP contribution in [0.15, 0.2) is 63.4 Å². The van der Waals surface area contributed by atoms with E-state index in [4.69, 9.17) is 4.74 Å². The Bertz CT molecular complexity index is 1170. The average molecular weight is 482 g/mol. The first-order chi connectivity index (χ1) is 16.7. The van der Waals surface area contributed by atoms with Crippen LogP contribution in [-0.4, -0.2) is 51.2 Å². The predicted molar refractivity (Wildman–Crippen MR) is 128 cm³/mol. The van der Waals surface area contributed by atoms with Gasteiger partial charge in [0.25, 0.3) is 0 Å². The van der Waals surface area contributed by atoms with Gasteiger partial charge in [-0.15, -0.1) is 0 Å². The lowest BCUT2D eigenvalue weighted by molar-refractivity contribution is -0.151. The van der Waals surface area contributed by atoms with E-state index in [1.807, 2.05) is 25.8 Å². The molecule has 0 amide bonds. The number of fused-ring (bicyclic) bond motifs is 2. The number of nitrogens with zero attached hydrogens (tertiary/aromatic N) is 5. The summed E-state index contributed by atoms with van der Waals surface area (Å²) >= 11 is 0. The molecule has 0 aromatic carbocycles. The second-order valence-electron chi connectivity index (χ2n) is 10.2. The quantitative estimate of drug-likeness (QED) is 0.571. The fraction of sp³-hybridized carbons (Fsp3) is 0.462. The highest BCUT2D eigenvalue weighted by Gasteiger charge is 2.41. The first kappa shape index (κ1) is 23.4. The minimum atomic E-state index is -0.692. The second kappa shape index (κ2) is 9.02. The van der Waals surface area contributed by atoms with Crippen molar-refractivity contribution in [2.24, 2.45) is 10.1 Å². The molecule has 9 heteroatoms. The van der Waals surface area contributed by atoms with Gasteiger partial charge in [-0.3, -0.25) is 19.9 Å². The number of rotatable bonds is 3. The number of halogens is 2. The van der Waals surface area contributed by atoms with Crippen molar-refractivity contribution in [1.29, 1.82) is 0 Å². The van der Waals surface area contributed by atoms with Crippen molar-refractivity contribution >= 4 is 18.5 Å². The summed E-state index contributed by atoms with van der Waals surface area (Å²) in [6.45, 7) is 5.43. The molecule has 1 aromatic rings. The molecule has 0 N–H and O–H groups in total. The Kier molecular flexibility index (Phi) is 6.02. The Balaban J connectivity index is 1.39. The molecule has 0 radical (unpaired) electrons. The Morgan fingerprint density at radius 1 is 1.17 bits per heavy atom. The third-order valence-electron chi connectivity index (χ3n) is 6.68. The van der Waals surface area contributed by atoms with Crippen molar-refractivity contribution in [3.63, 3.8) is 0 Å². The number of hydrogen-bond acceptors (Lipinski definition) is 7. The molecule has 7 nitrogen and oxygen atoms in total. The number of carbonyl (C=O) groups is 1. The third kappa shape index (κ3) is 4.63. The SMILES string of the molecule is CC(C)(C)OC(=O)C1=C2CC=C(F)C=C2N=CC2N1C=NN2C1CCC(c2ncccc2F)CC1. The first-order valence-corrected chi connectivity index (χ1v) is 12.0. The van der Waals surface area contributed by atoms with Gasteiger partial charge in [-0.2, -0.15) is 5.10 Å². The Hall–Kier alpha value is -3.36. The second-order valence-corrected chi connectivity index (χ2v) is 10.2. The number of carbonyl (C=O) groups excluding carboxylic acids is 1. The Morgan fingerprint density at radius 3 is 2.66 bits per heavy atom. The number of pyridine rings is 1. The van der Waals surface area contributed by atoms with Gasteiger partial charge < -0.3 is 4.74 Å². The third-order valence-corrected chi connectivity index (χ3v) is 6.68. The fourth-order valence-corrected chi connectivity index (χ4v) is 5.10. The zero-order valence-corrected chi connectivity index (χ0v) is 20.1. The number of aromatic nitrogens is 1. The van der Waals surface area contributed by atoms with Crippen LogP contribution in [0.2, 0.25) is 0 Å². The molecule has 5 rings (SSSR count). The molecule has 0 saturated heterocycles. The highest BCUT2D eigenvalue weighted by Crippen LogP contribution is 2.39. The van der Waals surface area contributed by atoms with Crippen molar-refractivity contribution in [1.82, 2.24) is 14.9 Å². The van der Waals surface area contributed by atoms with Crippen molar-refractivity contribution in [3.8, 4) is 0 Å². The van der Waals surface area contributed by atoms with Gasteiger partial charge in [0.1, 0.15) is 29.3 Å². The number of esters is 1. The molecule has 1 unspecified atom stereocenters. The van der Waals surface area contributed by atoms with Gasteiger partial charge >= 0.3 is 5.97 Å². The lowest BCUT2D eigenvalue weighted by Gasteiger charge is -2.37. The van der Waals surface area contributed by atoms with Crippen LogP contribution in [0.4, 0.5) is 8.78 Å². The molecule has 0 spiro atoms. The highest BCUT2D eigenvalue weighted by atomic mass is 19.1. The van der Waals surface area contributed by atoms with Gasteiger partial charge in [0, 0.05) is 29.9 Å². The topological polar surface area (TPSA) is 70.4 Å². The van der Waals surface area contributed by atoms with E-state index in [0.717, 1.165) is 25.7 Å². The monoisotopic (exact) mass is 481 g/mol. The molecule has 1 atom stereocenters. The van der Waals surface area contributed by atoms with Gasteiger partial charge in [0.05, 0.1) is 11.4 Å². The van der Waals surface area contributed by atoms with Gasteiger partial charge in [0.15, 0.2) is 6.17 Å². The van der Waals surface area contributed by atoms with Gasteiger partial charge in [0.2, 0.25) is 0 Å².